The van der Waals surface area contributed by atoms with Crippen LogP contribution < -0.4 is 24.8 Å². The number of hydrogen-bond acceptors (Lipinski definition) is 18. The third-order valence-electron chi connectivity index (χ3n) is 10.5. The molecule has 0 aliphatic carbocycles. The van der Waals surface area contributed by atoms with E-state index in [0.717, 1.165) is 17.1 Å². The molecule has 73 heavy (non-hydrogen) atoms. The number of methoxy groups -OCH3 is 1. The van der Waals surface area contributed by atoms with Crippen LogP contribution in [0.15, 0.2) is 52.7 Å². The lowest BCUT2D eigenvalue weighted by atomic mass is 9.93. The Hall–Kier alpha value is -6.34. The molecule has 400 valence electrons. The fourth-order valence-corrected chi connectivity index (χ4v) is 9.47. The van der Waals surface area contributed by atoms with Gasteiger partial charge in [-0.25, -0.2) is 23.3 Å². The molecule has 3 aromatic rings. The van der Waals surface area contributed by atoms with Gasteiger partial charge in [-0.1, -0.05) is 17.3 Å². The Morgan fingerprint density at radius 2 is 1.60 bits per heavy atom. The molecule has 2 unspecified atom stereocenters. The number of carbonyl (C=O) groups excluding carboxylic acids is 5. The summed E-state index contributed by atoms with van der Waals surface area (Å²) in [5, 5.41) is 8.64. The number of aromatic nitrogens is 3. The number of oxime groups is 1. The Morgan fingerprint density at radius 1 is 0.932 bits per heavy atom. The van der Waals surface area contributed by atoms with Crippen LogP contribution in [0.5, 0.6) is 5.75 Å². The van der Waals surface area contributed by atoms with Crippen molar-refractivity contribution in [3.63, 3.8) is 0 Å². The van der Waals surface area contributed by atoms with E-state index in [4.69, 9.17) is 28.7 Å². The number of benzene rings is 1. The summed E-state index contributed by atoms with van der Waals surface area (Å²) in [5.74, 6) is -0.438. The minimum atomic E-state index is -1.34. The molecule has 2 saturated heterocycles. The Balaban J connectivity index is 1.44. The Kier molecular flexibility index (Phi) is 19.8. The molecule has 2 aromatic heterocycles. The summed E-state index contributed by atoms with van der Waals surface area (Å²) < 4.78 is 47.4. The van der Waals surface area contributed by atoms with Gasteiger partial charge in [-0.05, 0) is 104 Å². The van der Waals surface area contributed by atoms with Gasteiger partial charge in [-0.2, -0.15) is 9.36 Å². The van der Waals surface area contributed by atoms with Gasteiger partial charge in [0.1, 0.15) is 40.9 Å². The molecule has 5 rings (SSSR count). The number of ether oxygens (including phenoxy) is 5. The summed E-state index contributed by atoms with van der Waals surface area (Å²) in [7, 11) is 6.83. The van der Waals surface area contributed by atoms with Crippen LogP contribution in [-0.4, -0.2) is 161 Å². The minimum absolute atomic E-state index is 0.00401. The lowest BCUT2D eigenvalue weighted by Crippen LogP contribution is -2.73. The van der Waals surface area contributed by atoms with Crippen molar-refractivity contribution < 1.29 is 61.5 Å². The zero-order chi connectivity index (χ0) is 53.8. The van der Waals surface area contributed by atoms with Crippen LogP contribution in [0.2, 0.25) is 0 Å². The van der Waals surface area contributed by atoms with Crippen LogP contribution in [0, 0.1) is 5.92 Å². The fourth-order valence-electron chi connectivity index (χ4n) is 7.39. The predicted molar refractivity (Wildman–Crippen MR) is 274 cm³/mol. The maximum Gasteiger partial charge on any atom is 0.415 e. The van der Waals surface area contributed by atoms with Crippen molar-refractivity contribution in [1.29, 1.82) is 0 Å². The van der Waals surface area contributed by atoms with Crippen LogP contribution in [0.1, 0.15) is 80.1 Å². The zero-order valence-electron chi connectivity index (χ0n) is 43.8. The van der Waals surface area contributed by atoms with E-state index in [9.17, 15) is 28.4 Å². The zero-order valence-corrected chi connectivity index (χ0v) is 45.4. The second-order valence-corrected chi connectivity index (χ2v) is 22.3. The molecular formula is C48H69FN11O11S2+. The Morgan fingerprint density at radius 3 is 2.23 bits per heavy atom. The van der Waals surface area contributed by atoms with Crippen LogP contribution >= 0.6 is 23.3 Å². The molecule has 4 amide bonds. The second-order valence-electron chi connectivity index (χ2n) is 20.4. The number of fused-ring (bicyclic) bond motifs is 1. The topological polar surface area (TPSA) is 232 Å². The average molecular weight is 1060 g/mol. The largest absolute Gasteiger partial charge is 0.497 e. The molecule has 0 spiro atoms. The highest BCUT2D eigenvalue weighted by Gasteiger charge is 2.53. The number of halogens is 1. The molecule has 0 bridgehead atoms. The van der Waals surface area contributed by atoms with E-state index in [0.29, 0.717) is 29.4 Å². The van der Waals surface area contributed by atoms with E-state index in [1.807, 2.05) is 29.8 Å². The van der Waals surface area contributed by atoms with Gasteiger partial charge in [0.25, 0.3) is 12.8 Å². The monoisotopic (exact) mass is 1060 g/mol. The van der Waals surface area contributed by atoms with Crippen LogP contribution in [0.4, 0.5) is 35.4 Å². The average Bonchev–Trinajstić information content (AvgIpc) is 3.74. The fraction of sp³-hybridized carbons (Fsp3) is 0.583. The number of anilines is 2. The number of carbonyl (C=O) groups is 5. The highest BCUT2D eigenvalue weighted by molar-refractivity contribution is 8.00. The maximum absolute atomic E-state index is 14.5. The first-order valence-electron chi connectivity index (χ1n) is 23.5. The second kappa shape index (κ2) is 25.1. The first-order chi connectivity index (χ1) is 34.2. The first kappa shape index (κ1) is 57.6. The minimum Gasteiger partial charge on any atom is -0.497 e. The maximum atomic E-state index is 14.5. The number of amides is 4. The van der Waals surface area contributed by atoms with Crippen molar-refractivity contribution in [3.05, 3.63) is 54.0 Å². The van der Waals surface area contributed by atoms with Crippen molar-refractivity contribution in [2.45, 2.75) is 116 Å². The lowest BCUT2D eigenvalue weighted by Gasteiger charge is -2.55. The van der Waals surface area contributed by atoms with Gasteiger partial charge in [0.05, 0.1) is 31.3 Å². The third kappa shape index (κ3) is 17.1. The van der Waals surface area contributed by atoms with Crippen molar-refractivity contribution in [1.82, 2.24) is 29.4 Å². The molecular weight excluding hydrogens is 990 g/mol. The van der Waals surface area contributed by atoms with Crippen LogP contribution in [0.3, 0.4) is 0 Å². The van der Waals surface area contributed by atoms with Crippen molar-refractivity contribution in [2.75, 3.05) is 70.7 Å². The third-order valence-corrected chi connectivity index (χ3v) is 12.7. The molecule has 4 atom stereocenters. The van der Waals surface area contributed by atoms with Gasteiger partial charge in [-0.15, -0.1) is 11.8 Å². The molecule has 25 heteroatoms. The summed E-state index contributed by atoms with van der Waals surface area (Å²) in [6.07, 6.45) is 1.89. The van der Waals surface area contributed by atoms with Crippen molar-refractivity contribution in [3.8, 4) is 5.75 Å². The number of thioether (sulfide) groups is 1. The van der Waals surface area contributed by atoms with Gasteiger partial charge < -0.3 is 43.6 Å². The van der Waals surface area contributed by atoms with Gasteiger partial charge in [-0.3, -0.25) is 24.7 Å². The van der Waals surface area contributed by atoms with Gasteiger partial charge >= 0.3 is 30.1 Å². The molecule has 2 fully saturated rings. The van der Waals surface area contributed by atoms with E-state index >= 15 is 0 Å². The number of pyridine rings is 1. The summed E-state index contributed by atoms with van der Waals surface area (Å²) in [6, 6.07) is 9.36. The molecule has 22 nitrogen and oxygen atoms in total. The Bertz CT molecular complexity index is 2460. The van der Waals surface area contributed by atoms with Gasteiger partial charge in [0.15, 0.2) is 0 Å². The predicted octanol–water partition coefficient (Wildman–Crippen LogP) is 6.35. The molecule has 1 aromatic carbocycles. The SMILES string of the molecule is COc1ccc(COC(=O)C2C(C[n+]3cccc(N(CCCN(C)C(=O)OC(C)(C)C)C(=O)OC(C)(C)C)c3N=CN(C)C)CS[C@@H]3[C@H](NC(=O)/C(=N\OCF)c4nsc(NC(=O)OC(C)(C)C)n4)CN23)cc1. The van der Waals surface area contributed by atoms with E-state index in [1.165, 1.54) is 21.6 Å². The Labute approximate surface area is 434 Å². The number of aliphatic imine (C=N–C) groups is 1. The first-order valence-corrected chi connectivity index (χ1v) is 25.3. The number of esters is 1. The molecule has 2 N–H and O–H groups in total. The summed E-state index contributed by atoms with van der Waals surface area (Å²) >= 11 is 2.27. The van der Waals surface area contributed by atoms with E-state index < -0.39 is 82.9 Å². The van der Waals surface area contributed by atoms with Gasteiger partial charge in [0, 0.05) is 64.0 Å². The van der Waals surface area contributed by atoms with Crippen molar-refractivity contribution >= 4 is 82.1 Å². The van der Waals surface area contributed by atoms with E-state index in [-0.39, 0.29) is 43.7 Å². The summed E-state index contributed by atoms with van der Waals surface area (Å²) in [6.45, 7) is 15.3. The molecule has 2 aliphatic rings. The number of hydrogen-bond donors (Lipinski definition) is 2. The smallest absolute Gasteiger partial charge is 0.415 e. The van der Waals surface area contributed by atoms with Gasteiger partial charge in [0.2, 0.25) is 23.0 Å². The number of nitrogens with one attached hydrogen (secondary N) is 2. The van der Waals surface area contributed by atoms with Crippen molar-refractivity contribution in [2.24, 2.45) is 16.1 Å². The lowest BCUT2D eigenvalue weighted by molar-refractivity contribution is -0.690. The summed E-state index contributed by atoms with van der Waals surface area (Å²) in [5.41, 5.74) is -1.59. The summed E-state index contributed by atoms with van der Waals surface area (Å²) in [4.78, 5) is 88.1. The van der Waals surface area contributed by atoms with E-state index in [2.05, 4.69) is 30.0 Å². The van der Waals surface area contributed by atoms with Crippen LogP contribution in [0.25, 0.3) is 0 Å². The number of nitrogens with zero attached hydrogens (tertiary/aromatic N) is 9. The highest BCUT2D eigenvalue weighted by Crippen LogP contribution is 2.41. The molecule has 4 heterocycles. The molecule has 0 saturated carbocycles. The van der Waals surface area contributed by atoms with E-state index in [1.54, 1.807) is 124 Å². The van der Waals surface area contributed by atoms with Crippen LogP contribution in [-0.2, 0) is 46.5 Å². The standard InChI is InChI=1S/C48H68FN11O11S2/c1-46(2,3)69-43(63)53-42-52-37(55-73-42)35(54-68-28-49)39(61)51-33-25-60-36(41(62)67-26-30-17-19-32(66-13)20-18-30)31(27-72-40(33)60)24-58-22-14-16-34(38(58)50-29-56(10)11)59(45(65)71-48(7,8)9)23-15-21-57(12)44(64)70-47(4,5)6/h14,16-20,22,29,31,33,36,40H,15,21,23-28H2,1-13H3,(H-,51,52,53,55,61,63)/p+1/b54-35-/t31?,33-,36?,40-/m1/s1. The normalized spacial score (nSPS) is 18.1. The highest BCUT2D eigenvalue weighted by atomic mass is 32.2. The molecule has 0 radical (unpaired) electrons. The quantitative estimate of drug-likeness (QED) is 0.0333. The number of rotatable bonds is 19. The number of alkyl halides is 1. The molecule has 2 aliphatic heterocycles.